The third kappa shape index (κ3) is 4.36. The normalized spacial score (nSPS) is 11.8. The molecule has 0 atom stereocenters. The molecule has 41 heavy (non-hydrogen) atoms. The van der Waals surface area contributed by atoms with E-state index < -0.39 is 8.07 Å². The molecule has 6 heteroatoms. The summed E-state index contributed by atoms with van der Waals surface area (Å²) in [5.41, 5.74) is 2.15. The number of benzene rings is 5. The van der Waals surface area contributed by atoms with E-state index in [1.807, 2.05) is 12.3 Å². The van der Waals surface area contributed by atoms with Crippen LogP contribution in [-0.4, -0.2) is 13.1 Å². The fraction of sp³-hybridized carbons (Fsp3) is 0. The second-order valence-corrected chi connectivity index (χ2v) is 14.9. The first-order valence-electron chi connectivity index (χ1n) is 13.2. The zero-order valence-corrected chi connectivity index (χ0v) is 23.5. The van der Waals surface area contributed by atoms with Crippen molar-refractivity contribution in [1.82, 2.24) is 4.98 Å². The van der Waals surface area contributed by atoms with Crippen LogP contribution in [0, 0.1) is 17.5 Å². The summed E-state index contributed by atoms with van der Waals surface area (Å²) in [5.74, 6) is -1.01. The van der Waals surface area contributed by atoms with Crippen molar-refractivity contribution in [1.29, 1.82) is 0 Å². The van der Waals surface area contributed by atoms with Gasteiger partial charge in [-0.25, -0.2) is 18.2 Å². The highest BCUT2D eigenvalue weighted by molar-refractivity contribution is 7.25. The van der Waals surface area contributed by atoms with Crippen LogP contribution in [0.5, 0.6) is 0 Å². The average molecular weight is 574 g/mol. The third-order valence-corrected chi connectivity index (χ3v) is 13.6. The minimum Gasteiger partial charge on any atom is -0.245 e. The van der Waals surface area contributed by atoms with Gasteiger partial charge in [-0.15, -0.1) is 11.3 Å². The van der Waals surface area contributed by atoms with Gasteiger partial charge in [0.15, 0.2) is 8.07 Å². The predicted molar refractivity (Wildman–Crippen MR) is 166 cm³/mol. The molecule has 2 aromatic heterocycles. The Morgan fingerprint density at radius 3 is 1.46 bits per heavy atom. The molecule has 0 N–H and O–H groups in total. The van der Waals surface area contributed by atoms with Crippen LogP contribution in [0.3, 0.4) is 0 Å². The summed E-state index contributed by atoms with van der Waals surface area (Å²) in [6, 6.07) is 38.4. The first kappa shape index (κ1) is 25.4. The zero-order chi connectivity index (χ0) is 28.0. The van der Waals surface area contributed by atoms with Gasteiger partial charge in [0.05, 0.1) is 0 Å². The van der Waals surface area contributed by atoms with Gasteiger partial charge < -0.3 is 0 Å². The van der Waals surface area contributed by atoms with Gasteiger partial charge in [-0.05, 0) is 86.5 Å². The van der Waals surface area contributed by atoms with Crippen molar-refractivity contribution in [2.75, 3.05) is 0 Å². The van der Waals surface area contributed by atoms with E-state index in [1.165, 1.54) is 46.5 Å². The lowest BCUT2D eigenvalue weighted by atomic mass is 10.0. The number of thiophene rings is 1. The largest absolute Gasteiger partial charge is 0.245 e. The standard InChI is InChI=1S/C35H22F3NSSi/c36-25-6-14-29(15-7-25)41(30-16-8-26(37)9-17-30,31-18-10-27(38)11-19-31)28-12-3-23(4-13-28)24-5-20-32-33-2-1-21-39-35(33)40-34(32)22-24/h1-22H. The predicted octanol–water partition coefficient (Wildman–Crippen LogP) is 6.91. The van der Waals surface area contributed by atoms with Crippen molar-refractivity contribution < 1.29 is 13.2 Å². The number of aromatic nitrogens is 1. The maximum Gasteiger partial charge on any atom is 0.179 e. The van der Waals surface area contributed by atoms with Gasteiger partial charge in [0.25, 0.3) is 0 Å². The summed E-state index contributed by atoms with van der Waals surface area (Å²) >= 11 is 1.68. The van der Waals surface area contributed by atoms with Crippen molar-refractivity contribution in [3.05, 3.63) is 151 Å². The lowest BCUT2D eigenvalue weighted by molar-refractivity contribution is 0.628. The molecule has 0 saturated heterocycles. The molecule has 0 unspecified atom stereocenters. The summed E-state index contributed by atoms with van der Waals surface area (Å²) in [7, 11) is -3.06. The molecule has 1 nitrogen and oxygen atoms in total. The monoisotopic (exact) mass is 573 g/mol. The van der Waals surface area contributed by atoms with E-state index in [0.717, 1.165) is 42.1 Å². The number of pyridine rings is 1. The highest BCUT2D eigenvalue weighted by Gasteiger charge is 2.41. The number of hydrogen-bond acceptors (Lipinski definition) is 2. The molecule has 5 aromatic carbocycles. The minimum absolute atomic E-state index is 0.336. The Hall–Kier alpha value is -4.52. The van der Waals surface area contributed by atoms with Crippen molar-refractivity contribution in [3.8, 4) is 11.1 Å². The molecule has 0 aliphatic heterocycles. The van der Waals surface area contributed by atoms with E-state index in [9.17, 15) is 13.2 Å². The number of halogens is 3. The van der Waals surface area contributed by atoms with Gasteiger partial charge >= 0.3 is 0 Å². The summed E-state index contributed by atoms with van der Waals surface area (Å²) in [6.45, 7) is 0. The Bertz CT molecular complexity index is 1890. The molecule has 2 heterocycles. The van der Waals surface area contributed by atoms with E-state index >= 15 is 0 Å². The number of fused-ring (bicyclic) bond motifs is 3. The highest BCUT2D eigenvalue weighted by atomic mass is 32.1. The van der Waals surface area contributed by atoms with E-state index in [4.69, 9.17) is 0 Å². The summed E-state index contributed by atoms with van der Waals surface area (Å²) in [5, 5.41) is 6.13. The minimum atomic E-state index is -3.06. The van der Waals surface area contributed by atoms with Gasteiger partial charge in [-0.3, -0.25) is 0 Å². The lowest BCUT2D eigenvalue weighted by Crippen LogP contribution is -2.74. The summed E-state index contributed by atoms with van der Waals surface area (Å²) in [4.78, 5) is 5.53. The van der Waals surface area contributed by atoms with Crippen molar-refractivity contribution in [3.63, 3.8) is 0 Å². The topological polar surface area (TPSA) is 12.9 Å². The van der Waals surface area contributed by atoms with Crippen LogP contribution in [0.2, 0.25) is 0 Å². The third-order valence-electron chi connectivity index (χ3n) is 7.73. The van der Waals surface area contributed by atoms with Crippen LogP contribution in [0.15, 0.2) is 134 Å². The molecule has 0 bridgehead atoms. The van der Waals surface area contributed by atoms with Crippen LogP contribution in [0.25, 0.3) is 31.4 Å². The molecule has 7 rings (SSSR count). The highest BCUT2D eigenvalue weighted by Crippen LogP contribution is 2.35. The van der Waals surface area contributed by atoms with Crippen LogP contribution in [0.1, 0.15) is 0 Å². The molecule has 0 radical (unpaired) electrons. The molecule has 0 amide bonds. The number of nitrogens with zero attached hydrogens (tertiary/aromatic N) is 1. The smallest absolute Gasteiger partial charge is 0.179 e. The summed E-state index contributed by atoms with van der Waals surface area (Å²) in [6.07, 6.45) is 1.82. The molecule has 7 aromatic rings. The molecule has 0 saturated carbocycles. The number of hydrogen-bond donors (Lipinski definition) is 0. The molecular formula is C35H22F3NSSi. The molecule has 0 aliphatic rings. The Balaban J connectivity index is 1.42. The molecule has 0 spiro atoms. The van der Waals surface area contributed by atoms with E-state index in [2.05, 4.69) is 53.5 Å². The zero-order valence-electron chi connectivity index (χ0n) is 21.7. The van der Waals surface area contributed by atoms with Crippen LogP contribution in [-0.2, 0) is 0 Å². The van der Waals surface area contributed by atoms with Crippen LogP contribution < -0.4 is 20.7 Å². The summed E-state index contributed by atoms with van der Waals surface area (Å²) < 4.78 is 43.5. The fourth-order valence-electron chi connectivity index (χ4n) is 5.80. The van der Waals surface area contributed by atoms with Gasteiger partial charge in [-0.1, -0.05) is 72.8 Å². The van der Waals surface area contributed by atoms with Gasteiger partial charge in [-0.2, -0.15) is 0 Å². The molecule has 0 aliphatic carbocycles. The van der Waals surface area contributed by atoms with Crippen LogP contribution >= 0.6 is 11.3 Å². The van der Waals surface area contributed by atoms with Gasteiger partial charge in [0.2, 0.25) is 0 Å². The van der Waals surface area contributed by atoms with Crippen LogP contribution in [0.4, 0.5) is 13.2 Å². The van der Waals surface area contributed by atoms with Gasteiger partial charge in [0, 0.05) is 21.7 Å². The second-order valence-electron chi connectivity index (χ2n) is 10.0. The fourth-order valence-corrected chi connectivity index (χ4v) is 11.6. The van der Waals surface area contributed by atoms with E-state index in [0.29, 0.717) is 0 Å². The number of rotatable bonds is 5. The Morgan fingerprint density at radius 2 is 0.951 bits per heavy atom. The van der Waals surface area contributed by atoms with E-state index in [-0.39, 0.29) is 17.5 Å². The Labute approximate surface area is 240 Å². The second kappa shape index (κ2) is 10.1. The SMILES string of the molecule is Fc1ccc([Si](c2ccc(F)cc2)(c2ccc(F)cc2)c2ccc(-c3ccc4c(c3)sc3ncccc34)cc2)cc1. The maximum atomic E-state index is 14.1. The Morgan fingerprint density at radius 1 is 0.488 bits per heavy atom. The van der Waals surface area contributed by atoms with Gasteiger partial charge in [0.1, 0.15) is 22.3 Å². The molecule has 198 valence electrons. The molecule has 0 fully saturated rings. The first-order chi connectivity index (χ1) is 20.0. The first-order valence-corrected chi connectivity index (χ1v) is 16.0. The average Bonchev–Trinajstić information content (AvgIpc) is 3.38. The Kier molecular flexibility index (Phi) is 6.30. The van der Waals surface area contributed by atoms with Crippen molar-refractivity contribution >= 4 is 60.5 Å². The lowest BCUT2D eigenvalue weighted by Gasteiger charge is -2.34. The quantitative estimate of drug-likeness (QED) is 0.161. The van der Waals surface area contributed by atoms with E-state index in [1.54, 1.807) is 47.7 Å². The molecular weight excluding hydrogens is 552 g/mol. The van der Waals surface area contributed by atoms with Crippen molar-refractivity contribution in [2.45, 2.75) is 0 Å². The maximum absolute atomic E-state index is 14.1. The van der Waals surface area contributed by atoms with Crippen molar-refractivity contribution in [2.24, 2.45) is 0 Å².